The summed E-state index contributed by atoms with van der Waals surface area (Å²) < 4.78 is 5.51. The lowest BCUT2D eigenvalue weighted by molar-refractivity contribution is -0.126. The van der Waals surface area contributed by atoms with E-state index >= 15 is 0 Å². The van der Waals surface area contributed by atoms with Crippen LogP contribution in [0.2, 0.25) is 0 Å². The van der Waals surface area contributed by atoms with Crippen molar-refractivity contribution in [1.29, 1.82) is 0 Å². The van der Waals surface area contributed by atoms with Gasteiger partial charge >= 0.3 is 0 Å². The molecule has 0 aromatic rings. The van der Waals surface area contributed by atoms with Crippen molar-refractivity contribution in [3.05, 3.63) is 0 Å². The average molecular weight is 283 g/mol. The number of morpholine rings is 1. The van der Waals surface area contributed by atoms with Crippen LogP contribution in [0.4, 0.5) is 0 Å². The highest BCUT2D eigenvalue weighted by atomic mass is 16.5. The lowest BCUT2D eigenvalue weighted by Gasteiger charge is -2.42. The highest BCUT2D eigenvalue weighted by Crippen LogP contribution is 2.23. The molecule has 5 heteroatoms. The zero-order valence-corrected chi connectivity index (χ0v) is 12.9. The number of hydrogen-bond acceptors (Lipinski definition) is 4. The summed E-state index contributed by atoms with van der Waals surface area (Å²) in [6.07, 6.45) is 3.97. The number of amides is 1. The van der Waals surface area contributed by atoms with Gasteiger partial charge in [0, 0.05) is 37.1 Å². The van der Waals surface area contributed by atoms with Gasteiger partial charge in [0.05, 0.1) is 13.2 Å². The van der Waals surface area contributed by atoms with Gasteiger partial charge in [-0.3, -0.25) is 9.69 Å². The van der Waals surface area contributed by atoms with Crippen LogP contribution in [0.15, 0.2) is 0 Å². The van der Waals surface area contributed by atoms with Crippen LogP contribution in [0.1, 0.15) is 39.5 Å². The summed E-state index contributed by atoms with van der Waals surface area (Å²) >= 11 is 0. The van der Waals surface area contributed by atoms with Gasteiger partial charge in [0.15, 0.2) is 0 Å². The summed E-state index contributed by atoms with van der Waals surface area (Å²) in [6, 6.07) is 0.206. The van der Waals surface area contributed by atoms with Crippen LogP contribution in [-0.4, -0.2) is 55.2 Å². The van der Waals surface area contributed by atoms with Gasteiger partial charge in [-0.25, -0.2) is 0 Å². The third kappa shape index (κ3) is 4.17. The molecule has 1 saturated heterocycles. The van der Waals surface area contributed by atoms with E-state index in [2.05, 4.69) is 24.1 Å². The van der Waals surface area contributed by atoms with Crippen molar-refractivity contribution in [3.63, 3.8) is 0 Å². The molecule has 0 aromatic heterocycles. The van der Waals surface area contributed by atoms with Gasteiger partial charge in [0.1, 0.15) is 0 Å². The van der Waals surface area contributed by atoms with Crippen LogP contribution in [-0.2, 0) is 9.53 Å². The van der Waals surface area contributed by atoms with E-state index in [4.69, 9.17) is 10.5 Å². The maximum Gasteiger partial charge on any atom is 0.223 e. The Morgan fingerprint density at radius 3 is 2.95 bits per heavy atom. The summed E-state index contributed by atoms with van der Waals surface area (Å²) in [4.78, 5) is 14.5. The van der Waals surface area contributed by atoms with Crippen molar-refractivity contribution in [1.82, 2.24) is 10.2 Å². The Labute approximate surface area is 122 Å². The molecule has 1 saturated carbocycles. The first-order valence-electron chi connectivity index (χ1n) is 7.85. The third-order valence-corrected chi connectivity index (χ3v) is 4.58. The second-order valence-electron chi connectivity index (χ2n) is 6.77. The van der Waals surface area contributed by atoms with Crippen LogP contribution in [0.5, 0.6) is 0 Å². The molecule has 0 aromatic carbocycles. The Hall–Kier alpha value is -0.650. The molecule has 1 amide bonds. The fraction of sp³-hybridized carbons (Fsp3) is 0.933. The van der Waals surface area contributed by atoms with Crippen LogP contribution in [0.25, 0.3) is 0 Å². The predicted molar refractivity (Wildman–Crippen MR) is 79.4 cm³/mol. The van der Waals surface area contributed by atoms with E-state index in [1.165, 1.54) is 0 Å². The number of rotatable bonds is 4. The van der Waals surface area contributed by atoms with E-state index in [0.29, 0.717) is 6.54 Å². The number of carbonyl (C=O) groups excluding carboxylic acids is 1. The molecule has 20 heavy (non-hydrogen) atoms. The van der Waals surface area contributed by atoms with Crippen molar-refractivity contribution in [3.8, 4) is 0 Å². The fourth-order valence-electron chi connectivity index (χ4n) is 3.23. The van der Waals surface area contributed by atoms with Crippen molar-refractivity contribution in [2.45, 2.75) is 51.1 Å². The number of nitrogens with zero attached hydrogens (tertiary/aromatic N) is 1. The maximum atomic E-state index is 12.1. The van der Waals surface area contributed by atoms with E-state index < -0.39 is 0 Å². The molecule has 0 bridgehead atoms. The minimum Gasteiger partial charge on any atom is -0.378 e. The highest BCUT2D eigenvalue weighted by Gasteiger charge is 2.30. The molecule has 1 heterocycles. The first-order chi connectivity index (χ1) is 9.49. The van der Waals surface area contributed by atoms with E-state index in [9.17, 15) is 4.79 Å². The Kier molecular flexibility index (Phi) is 5.41. The topological polar surface area (TPSA) is 67.6 Å². The molecular weight excluding hydrogens is 254 g/mol. The molecule has 116 valence electrons. The number of nitrogens with one attached hydrogen (secondary N) is 1. The summed E-state index contributed by atoms with van der Waals surface area (Å²) in [5.41, 5.74) is 6.01. The van der Waals surface area contributed by atoms with E-state index in [-0.39, 0.29) is 23.4 Å². The minimum atomic E-state index is 0.0656. The molecule has 1 aliphatic carbocycles. The van der Waals surface area contributed by atoms with E-state index in [1.807, 2.05) is 0 Å². The molecule has 5 nitrogen and oxygen atoms in total. The molecular formula is C15H29N3O2. The fourth-order valence-corrected chi connectivity index (χ4v) is 3.23. The summed E-state index contributed by atoms with van der Waals surface area (Å²) in [7, 11) is 0. The standard InChI is InChI=1S/C15H29N3O2/c1-15(2)11-20-9-8-18(15)7-6-17-14(19)12-4-3-5-13(16)10-12/h12-13H,3-11,16H2,1-2H3,(H,17,19). The van der Waals surface area contributed by atoms with Crippen LogP contribution >= 0.6 is 0 Å². The van der Waals surface area contributed by atoms with Crippen molar-refractivity contribution < 1.29 is 9.53 Å². The number of nitrogens with two attached hydrogens (primary N) is 1. The van der Waals surface area contributed by atoms with Gasteiger partial charge in [-0.05, 0) is 33.1 Å². The van der Waals surface area contributed by atoms with Gasteiger partial charge in [0.2, 0.25) is 5.91 Å². The molecule has 2 unspecified atom stereocenters. The second-order valence-corrected chi connectivity index (χ2v) is 6.77. The molecule has 0 spiro atoms. The average Bonchev–Trinajstić information content (AvgIpc) is 2.40. The zero-order valence-electron chi connectivity index (χ0n) is 12.9. The quantitative estimate of drug-likeness (QED) is 0.798. The molecule has 2 fully saturated rings. The predicted octanol–water partition coefficient (Wildman–Crippen LogP) is 0.731. The Morgan fingerprint density at radius 1 is 1.45 bits per heavy atom. The Bertz CT molecular complexity index is 333. The molecule has 2 atom stereocenters. The smallest absolute Gasteiger partial charge is 0.223 e. The van der Waals surface area contributed by atoms with Gasteiger partial charge in [-0.15, -0.1) is 0 Å². The lowest BCUT2D eigenvalue weighted by Crippen LogP contribution is -2.55. The number of ether oxygens (including phenoxy) is 1. The van der Waals surface area contributed by atoms with Gasteiger partial charge in [0.25, 0.3) is 0 Å². The zero-order chi connectivity index (χ0) is 14.6. The first kappa shape index (κ1) is 15.7. The normalized spacial score (nSPS) is 30.9. The highest BCUT2D eigenvalue weighted by molar-refractivity contribution is 5.78. The molecule has 1 aliphatic heterocycles. The van der Waals surface area contributed by atoms with Crippen LogP contribution < -0.4 is 11.1 Å². The Morgan fingerprint density at radius 2 is 2.25 bits per heavy atom. The molecule has 2 aliphatic rings. The summed E-state index contributed by atoms with van der Waals surface area (Å²) in [6.45, 7) is 8.47. The van der Waals surface area contributed by atoms with Gasteiger partial charge in [-0.2, -0.15) is 0 Å². The molecule has 0 radical (unpaired) electrons. The van der Waals surface area contributed by atoms with Gasteiger partial charge < -0.3 is 15.8 Å². The second kappa shape index (κ2) is 6.87. The number of hydrogen-bond donors (Lipinski definition) is 2. The molecule has 3 N–H and O–H groups in total. The molecule has 2 rings (SSSR count). The SMILES string of the molecule is CC1(C)COCCN1CCNC(=O)C1CCCC(N)C1. The number of carbonyl (C=O) groups is 1. The van der Waals surface area contributed by atoms with E-state index in [1.54, 1.807) is 0 Å². The van der Waals surface area contributed by atoms with Crippen molar-refractivity contribution in [2.24, 2.45) is 11.7 Å². The summed E-state index contributed by atoms with van der Waals surface area (Å²) in [5.74, 6) is 0.308. The van der Waals surface area contributed by atoms with Crippen LogP contribution in [0, 0.1) is 5.92 Å². The van der Waals surface area contributed by atoms with Crippen LogP contribution in [0.3, 0.4) is 0 Å². The van der Waals surface area contributed by atoms with E-state index in [0.717, 1.165) is 52.0 Å². The van der Waals surface area contributed by atoms with Gasteiger partial charge in [-0.1, -0.05) is 6.42 Å². The monoisotopic (exact) mass is 283 g/mol. The Balaban J connectivity index is 1.71. The summed E-state index contributed by atoms with van der Waals surface area (Å²) in [5, 5.41) is 3.08. The van der Waals surface area contributed by atoms with Crippen molar-refractivity contribution in [2.75, 3.05) is 32.8 Å². The lowest BCUT2D eigenvalue weighted by atomic mass is 9.85. The minimum absolute atomic E-state index is 0.0656. The first-order valence-corrected chi connectivity index (χ1v) is 7.85. The third-order valence-electron chi connectivity index (χ3n) is 4.58. The largest absolute Gasteiger partial charge is 0.378 e. The van der Waals surface area contributed by atoms with Crippen molar-refractivity contribution >= 4 is 5.91 Å². The maximum absolute atomic E-state index is 12.1.